The molecule has 0 aliphatic carbocycles. The number of esters is 1. The van der Waals surface area contributed by atoms with Crippen molar-refractivity contribution in [1.82, 2.24) is 9.55 Å². The summed E-state index contributed by atoms with van der Waals surface area (Å²) < 4.78 is 17.5. The SMILES string of the molecule is CCOC(=O)c1ccc(CCC(=O)c2sc(-n3ccc(OCc4ccccc4)cc3=O)nc2C)o1. The number of ether oxygens (including phenoxy) is 2. The van der Waals surface area contributed by atoms with E-state index in [-0.39, 0.29) is 30.1 Å². The Morgan fingerprint density at radius 3 is 2.66 bits per heavy atom. The first-order valence-electron chi connectivity index (χ1n) is 11.1. The van der Waals surface area contributed by atoms with Gasteiger partial charge < -0.3 is 13.9 Å². The van der Waals surface area contributed by atoms with Gasteiger partial charge in [0.1, 0.15) is 18.1 Å². The van der Waals surface area contributed by atoms with E-state index in [1.165, 1.54) is 16.7 Å². The molecule has 4 aromatic rings. The van der Waals surface area contributed by atoms with Gasteiger partial charge in [0, 0.05) is 25.1 Å². The quantitative estimate of drug-likeness (QED) is 0.232. The second kappa shape index (κ2) is 11.0. The van der Waals surface area contributed by atoms with Gasteiger partial charge in [0.2, 0.25) is 5.76 Å². The van der Waals surface area contributed by atoms with Crippen molar-refractivity contribution in [2.75, 3.05) is 6.61 Å². The van der Waals surface area contributed by atoms with Crippen LogP contribution >= 0.6 is 11.3 Å². The van der Waals surface area contributed by atoms with Crippen LogP contribution in [0.4, 0.5) is 0 Å². The maximum absolute atomic E-state index is 12.8. The fourth-order valence-corrected chi connectivity index (χ4v) is 4.39. The third-order valence-corrected chi connectivity index (χ3v) is 6.32. The number of Topliss-reactive ketones (excluding diaryl/α,β-unsaturated/α-hetero) is 1. The lowest BCUT2D eigenvalue weighted by Gasteiger charge is -2.07. The lowest BCUT2D eigenvalue weighted by molar-refractivity contribution is 0.0488. The van der Waals surface area contributed by atoms with Gasteiger partial charge in [-0.1, -0.05) is 41.7 Å². The van der Waals surface area contributed by atoms with Crippen LogP contribution in [0.3, 0.4) is 0 Å². The average Bonchev–Trinajstić information content (AvgIpc) is 3.49. The fourth-order valence-electron chi connectivity index (χ4n) is 3.37. The molecule has 3 aromatic heterocycles. The normalized spacial score (nSPS) is 10.8. The zero-order chi connectivity index (χ0) is 24.8. The van der Waals surface area contributed by atoms with Crippen molar-refractivity contribution >= 4 is 23.1 Å². The molecular formula is C26H24N2O6S. The summed E-state index contributed by atoms with van der Waals surface area (Å²) in [6, 6.07) is 16.0. The van der Waals surface area contributed by atoms with E-state index >= 15 is 0 Å². The van der Waals surface area contributed by atoms with Crippen LogP contribution < -0.4 is 10.3 Å². The first kappa shape index (κ1) is 24.2. The number of carbonyl (C=O) groups excluding carboxylic acids is 2. The van der Waals surface area contributed by atoms with E-state index in [9.17, 15) is 14.4 Å². The van der Waals surface area contributed by atoms with Crippen molar-refractivity contribution in [3.63, 3.8) is 0 Å². The Morgan fingerprint density at radius 1 is 1.11 bits per heavy atom. The van der Waals surface area contributed by atoms with Gasteiger partial charge in [0.05, 0.1) is 17.2 Å². The predicted molar refractivity (Wildman–Crippen MR) is 131 cm³/mol. The summed E-state index contributed by atoms with van der Waals surface area (Å²) in [4.78, 5) is 42.1. The smallest absolute Gasteiger partial charge is 0.374 e. The van der Waals surface area contributed by atoms with E-state index in [1.807, 2.05) is 30.3 Å². The highest BCUT2D eigenvalue weighted by Gasteiger charge is 2.18. The number of ketones is 1. The maximum Gasteiger partial charge on any atom is 0.374 e. The van der Waals surface area contributed by atoms with Crippen LogP contribution in [0.2, 0.25) is 0 Å². The van der Waals surface area contributed by atoms with Crippen LogP contribution in [0.1, 0.15) is 50.6 Å². The lowest BCUT2D eigenvalue weighted by Crippen LogP contribution is -2.16. The molecule has 0 spiro atoms. The Bertz CT molecular complexity index is 1390. The summed E-state index contributed by atoms with van der Waals surface area (Å²) in [5, 5.41) is 0.410. The molecule has 0 atom stereocenters. The Hall–Kier alpha value is -3.98. The van der Waals surface area contributed by atoms with Gasteiger partial charge in [-0.3, -0.25) is 14.2 Å². The maximum atomic E-state index is 12.8. The summed E-state index contributed by atoms with van der Waals surface area (Å²) in [7, 11) is 0. The largest absolute Gasteiger partial charge is 0.489 e. The molecule has 0 bridgehead atoms. The predicted octanol–water partition coefficient (Wildman–Crippen LogP) is 4.77. The van der Waals surface area contributed by atoms with E-state index < -0.39 is 5.97 Å². The van der Waals surface area contributed by atoms with Gasteiger partial charge in [-0.2, -0.15) is 0 Å². The third kappa shape index (κ3) is 5.93. The summed E-state index contributed by atoms with van der Waals surface area (Å²) in [6.45, 7) is 4.07. The standard InChI is InChI=1S/C26H24N2O6S/c1-3-32-25(31)22-12-10-19(34-22)9-11-21(29)24-17(2)27-26(35-24)28-14-13-20(15-23(28)30)33-16-18-7-5-4-6-8-18/h4-8,10,12-15H,3,9,11,16H2,1-2H3. The molecule has 3 heterocycles. The monoisotopic (exact) mass is 492 g/mol. The number of aryl methyl sites for hydroxylation is 2. The molecule has 0 unspecified atom stereocenters. The molecule has 8 nitrogen and oxygen atoms in total. The Morgan fingerprint density at radius 2 is 1.91 bits per heavy atom. The number of benzene rings is 1. The van der Waals surface area contributed by atoms with Gasteiger partial charge >= 0.3 is 5.97 Å². The molecule has 0 fully saturated rings. The minimum atomic E-state index is -0.532. The van der Waals surface area contributed by atoms with Crippen molar-refractivity contribution in [2.45, 2.75) is 33.3 Å². The molecule has 1 aromatic carbocycles. The van der Waals surface area contributed by atoms with E-state index in [0.717, 1.165) is 16.9 Å². The van der Waals surface area contributed by atoms with Gasteiger partial charge in [-0.25, -0.2) is 9.78 Å². The molecular weight excluding hydrogens is 468 g/mol. The van der Waals surface area contributed by atoms with Gasteiger partial charge in [0.15, 0.2) is 10.9 Å². The van der Waals surface area contributed by atoms with E-state index in [4.69, 9.17) is 13.9 Å². The molecule has 9 heteroatoms. The van der Waals surface area contributed by atoms with Crippen molar-refractivity contribution in [1.29, 1.82) is 0 Å². The minimum Gasteiger partial charge on any atom is -0.489 e. The first-order chi connectivity index (χ1) is 16.9. The van der Waals surface area contributed by atoms with E-state index in [1.54, 1.807) is 32.2 Å². The van der Waals surface area contributed by atoms with Crippen molar-refractivity contribution < 1.29 is 23.5 Å². The Balaban J connectivity index is 1.41. The van der Waals surface area contributed by atoms with Crippen LogP contribution in [0, 0.1) is 6.92 Å². The number of hydrogen-bond donors (Lipinski definition) is 0. The molecule has 35 heavy (non-hydrogen) atoms. The molecule has 0 saturated carbocycles. The summed E-state index contributed by atoms with van der Waals surface area (Å²) in [5.74, 6) is 0.443. The van der Waals surface area contributed by atoms with Crippen molar-refractivity contribution in [3.8, 4) is 10.9 Å². The Labute approximate surface area is 205 Å². The van der Waals surface area contributed by atoms with Gasteiger partial charge in [-0.15, -0.1) is 0 Å². The van der Waals surface area contributed by atoms with Crippen molar-refractivity contribution in [3.05, 3.63) is 98.8 Å². The number of nitrogens with zero attached hydrogens (tertiary/aromatic N) is 2. The Kier molecular flexibility index (Phi) is 7.57. The number of rotatable bonds is 10. The number of hydrogen-bond acceptors (Lipinski definition) is 8. The second-order valence-electron chi connectivity index (χ2n) is 7.67. The summed E-state index contributed by atoms with van der Waals surface area (Å²) in [5.41, 5.74) is 1.25. The average molecular weight is 493 g/mol. The molecule has 180 valence electrons. The second-order valence-corrected chi connectivity index (χ2v) is 8.64. The number of pyridine rings is 1. The highest BCUT2D eigenvalue weighted by atomic mass is 32.1. The molecule has 0 saturated heterocycles. The fraction of sp³-hybridized carbons (Fsp3) is 0.231. The number of aromatic nitrogens is 2. The highest BCUT2D eigenvalue weighted by molar-refractivity contribution is 7.16. The van der Waals surface area contributed by atoms with Gasteiger partial charge in [-0.05, 0) is 37.6 Å². The van der Waals surface area contributed by atoms with Crippen LogP contribution in [-0.4, -0.2) is 27.9 Å². The molecule has 0 radical (unpaired) electrons. The zero-order valence-electron chi connectivity index (χ0n) is 19.4. The summed E-state index contributed by atoms with van der Waals surface area (Å²) in [6.07, 6.45) is 2.10. The third-order valence-electron chi connectivity index (χ3n) is 5.12. The molecule has 0 N–H and O–H groups in total. The molecule has 0 amide bonds. The van der Waals surface area contributed by atoms with Crippen LogP contribution in [0.25, 0.3) is 5.13 Å². The number of thiazole rings is 1. The minimum absolute atomic E-state index is 0.112. The molecule has 0 aliphatic rings. The number of carbonyl (C=O) groups is 2. The first-order valence-corrected chi connectivity index (χ1v) is 11.9. The molecule has 4 rings (SSSR count). The van der Waals surface area contributed by atoms with Gasteiger partial charge in [0.25, 0.3) is 5.56 Å². The highest BCUT2D eigenvalue weighted by Crippen LogP contribution is 2.24. The summed E-state index contributed by atoms with van der Waals surface area (Å²) >= 11 is 1.16. The topological polar surface area (TPSA) is 101 Å². The molecule has 0 aliphatic heterocycles. The van der Waals surface area contributed by atoms with Crippen LogP contribution in [-0.2, 0) is 17.8 Å². The van der Waals surface area contributed by atoms with Crippen LogP contribution in [0.15, 0.2) is 70.0 Å². The number of furan rings is 1. The van der Waals surface area contributed by atoms with Crippen LogP contribution in [0.5, 0.6) is 5.75 Å². The zero-order valence-corrected chi connectivity index (χ0v) is 20.2. The van der Waals surface area contributed by atoms with E-state index in [0.29, 0.717) is 40.2 Å². The van der Waals surface area contributed by atoms with E-state index in [2.05, 4.69) is 4.98 Å². The van der Waals surface area contributed by atoms with Crippen molar-refractivity contribution in [2.24, 2.45) is 0 Å². The lowest BCUT2D eigenvalue weighted by atomic mass is 10.1.